The molecule has 0 unspecified atom stereocenters. The molecule has 182 valence electrons. The van der Waals surface area contributed by atoms with Gasteiger partial charge < -0.3 is 9.84 Å². The molecule has 0 saturated heterocycles. The van der Waals surface area contributed by atoms with Crippen molar-refractivity contribution in [1.82, 2.24) is 25.0 Å². The Morgan fingerprint density at radius 2 is 1.71 bits per heavy atom. The normalized spacial score (nSPS) is 12.4. The van der Waals surface area contributed by atoms with E-state index in [1.807, 2.05) is 71.5 Å². The lowest BCUT2D eigenvalue weighted by molar-refractivity contribution is -0.122. The van der Waals surface area contributed by atoms with Crippen molar-refractivity contribution in [3.8, 4) is 11.3 Å². The minimum Gasteiger partial charge on any atom is -0.360 e. The first-order valence-corrected chi connectivity index (χ1v) is 12.6. The number of amides is 1. The summed E-state index contributed by atoms with van der Waals surface area (Å²) >= 11 is 0. The van der Waals surface area contributed by atoms with Gasteiger partial charge in [-0.2, -0.15) is 9.82 Å². The molecule has 2 N–H and O–H groups in total. The standard InChI is InChI=1S/C25H27N5O4S/c1-17-24(19(3)34-28-17)35(32,33)29-18(2)25(31)26-14-22-16-30(15-20-10-6-4-7-11-20)27-23(22)21-12-8-5-9-13-21/h4-13,16,18,29H,14-15H2,1-3H3,(H,26,31)/t18-/m0/s1. The fourth-order valence-electron chi connectivity index (χ4n) is 3.82. The third-order valence-corrected chi connectivity index (χ3v) is 7.27. The van der Waals surface area contributed by atoms with Crippen molar-refractivity contribution in [2.24, 2.45) is 0 Å². The van der Waals surface area contributed by atoms with Crippen molar-refractivity contribution < 1.29 is 17.7 Å². The number of hydrogen-bond donors (Lipinski definition) is 2. The lowest BCUT2D eigenvalue weighted by atomic mass is 10.1. The van der Waals surface area contributed by atoms with Crippen molar-refractivity contribution in [1.29, 1.82) is 0 Å². The fourth-order valence-corrected chi connectivity index (χ4v) is 5.35. The highest BCUT2D eigenvalue weighted by Crippen LogP contribution is 2.23. The van der Waals surface area contributed by atoms with Gasteiger partial charge in [0.15, 0.2) is 5.76 Å². The van der Waals surface area contributed by atoms with E-state index >= 15 is 0 Å². The third-order valence-electron chi connectivity index (χ3n) is 5.49. The number of rotatable bonds is 9. The summed E-state index contributed by atoms with van der Waals surface area (Å²) in [5, 5.41) is 11.2. The Hall–Kier alpha value is -3.76. The van der Waals surface area contributed by atoms with Crippen molar-refractivity contribution in [2.75, 3.05) is 0 Å². The molecule has 0 aliphatic rings. The Morgan fingerprint density at radius 3 is 2.34 bits per heavy atom. The highest BCUT2D eigenvalue weighted by Gasteiger charge is 2.28. The Labute approximate surface area is 204 Å². The molecular weight excluding hydrogens is 466 g/mol. The van der Waals surface area contributed by atoms with E-state index in [2.05, 4.69) is 15.2 Å². The van der Waals surface area contributed by atoms with Gasteiger partial charge in [0.2, 0.25) is 15.9 Å². The molecule has 35 heavy (non-hydrogen) atoms. The molecule has 0 fully saturated rings. The summed E-state index contributed by atoms with van der Waals surface area (Å²) in [7, 11) is -3.97. The van der Waals surface area contributed by atoms with Gasteiger partial charge in [-0.25, -0.2) is 8.42 Å². The van der Waals surface area contributed by atoms with E-state index in [0.717, 1.165) is 22.4 Å². The van der Waals surface area contributed by atoms with Crippen molar-refractivity contribution in [2.45, 2.75) is 44.8 Å². The van der Waals surface area contributed by atoms with Crippen LogP contribution in [0.15, 0.2) is 76.3 Å². The number of nitrogens with zero attached hydrogens (tertiary/aromatic N) is 3. The van der Waals surface area contributed by atoms with Gasteiger partial charge in [0, 0.05) is 23.9 Å². The predicted molar refractivity (Wildman–Crippen MR) is 131 cm³/mol. The first-order valence-electron chi connectivity index (χ1n) is 11.1. The average molecular weight is 494 g/mol. The van der Waals surface area contributed by atoms with Gasteiger partial charge in [0.05, 0.1) is 18.3 Å². The summed E-state index contributed by atoms with van der Waals surface area (Å²) in [6.45, 7) is 5.31. The van der Waals surface area contributed by atoms with Gasteiger partial charge in [-0.15, -0.1) is 0 Å². The van der Waals surface area contributed by atoms with Gasteiger partial charge in [-0.3, -0.25) is 9.48 Å². The Kier molecular flexibility index (Phi) is 7.13. The number of carbonyl (C=O) groups excluding carboxylic acids is 1. The van der Waals surface area contributed by atoms with E-state index in [1.165, 1.54) is 20.8 Å². The van der Waals surface area contributed by atoms with Gasteiger partial charge in [0.25, 0.3) is 0 Å². The number of hydrogen-bond acceptors (Lipinski definition) is 6. The summed E-state index contributed by atoms with van der Waals surface area (Å²) < 4.78 is 34.7. The topological polar surface area (TPSA) is 119 Å². The maximum Gasteiger partial charge on any atom is 0.246 e. The van der Waals surface area contributed by atoms with Crippen LogP contribution in [0.5, 0.6) is 0 Å². The maximum absolute atomic E-state index is 12.8. The number of aryl methyl sites for hydroxylation is 2. The number of benzene rings is 2. The lowest BCUT2D eigenvalue weighted by Gasteiger charge is -2.14. The van der Waals surface area contributed by atoms with E-state index in [-0.39, 0.29) is 22.9 Å². The van der Waals surface area contributed by atoms with Crippen molar-refractivity contribution in [3.05, 3.63) is 89.4 Å². The molecule has 0 spiro atoms. The summed E-state index contributed by atoms with van der Waals surface area (Å²) in [5.41, 5.74) is 3.84. The number of sulfonamides is 1. The molecule has 4 aromatic rings. The van der Waals surface area contributed by atoms with Gasteiger partial charge in [0.1, 0.15) is 10.6 Å². The quantitative estimate of drug-likeness (QED) is 0.370. The minimum absolute atomic E-state index is 0.0503. The molecule has 10 heteroatoms. The molecule has 0 bridgehead atoms. The summed E-state index contributed by atoms with van der Waals surface area (Å²) in [6.07, 6.45) is 1.90. The molecule has 2 aromatic heterocycles. The van der Waals surface area contributed by atoms with E-state index in [1.54, 1.807) is 0 Å². The van der Waals surface area contributed by atoms with Crippen LogP contribution in [0.2, 0.25) is 0 Å². The van der Waals surface area contributed by atoms with Crippen LogP contribution >= 0.6 is 0 Å². The van der Waals surface area contributed by atoms with Crippen molar-refractivity contribution >= 4 is 15.9 Å². The summed E-state index contributed by atoms with van der Waals surface area (Å²) in [4.78, 5) is 12.7. The predicted octanol–water partition coefficient (Wildman–Crippen LogP) is 3.19. The second kappa shape index (κ2) is 10.2. The van der Waals surface area contributed by atoms with Crippen LogP contribution in [0, 0.1) is 13.8 Å². The zero-order chi connectivity index (χ0) is 25.0. The third kappa shape index (κ3) is 5.67. The number of nitrogens with one attached hydrogen (secondary N) is 2. The molecular formula is C25H27N5O4S. The SMILES string of the molecule is Cc1noc(C)c1S(=O)(=O)N[C@@H](C)C(=O)NCc1cn(Cc2ccccc2)nc1-c1ccccc1. The highest BCUT2D eigenvalue weighted by atomic mass is 32.2. The van der Waals surface area contributed by atoms with E-state index in [0.29, 0.717) is 6.54 Å². The molecule has 1 atom stereocenters. The zero-order valence-corrected chi connectivity index (χ0v) is 20.5. The van der Waals surface area contributed by atoms with Crippen LogP contribution < -0.4 is 10.0 Å². The van der Waals surface area contributed by atoms with Crippen molar-refractivity contribution in [3.63, 3.8) is 0 Å². The number of carbonyl (C=O) groups is 1. The van der Waals surface area contributed by atoms with E-state index in [9.17, 15) is 13.2 Å². The molecule has 4 rings (SSSR count). The molecule has 2 aromatic carbocycles. The second-order valence-corrected chi connectivity index (χ2v) is 9.92. The maximum atomic E-state index is 12.8. The summed E-state index contributed by atoms with van der Waals surface area (Å²) in [5.74, 6) is -0.295. The first kappa shape index (κ1) is 24.4. The molecule has 0 aliphatic carbocycles. The molecule has 2 heterocycles. The Bertz CT molecular complexity index is 1390. The largest absolute Gasteiger partial charge is 0.360 e. The minimum atomic E-state index is -3.97. The van der Waals surface area contributed by atoms with Crippen LogP contribution in [0.25, 0.3) is 11.3 Å². The van der Waals surface area contributed by atoms with Gasteiger partial charge in [-0.05, 0) is 26.3 Å². The molecule has 9 nitrogen and oxygen atoms in total. The van der Waals surface area contributed by atoms with Crippen LogP contribution in [-0.2, 0) is 27.9 Å². The average Bonchev–Trinajstić information content (AvgIpc) is 3.40. The van der Waals surface area contributed by atoms with Crippen LogP contribution in [-0.4, -0.2) is 35.3 Å². The molecule has 0 saturated carbocycles. The van der Waals surface area contributed by atoms with E-state index in [4.69, 9.17) is 9.62 Å². The van der Waals surface area contributed by atoms with Crippen LogP contribution in [0.3, 0.4) is 0 Å². The fraction of sp³-hybridized carbons (Fsp3) is 0.240. The van der Waals surface area contributed by atoms with Gasteiger partial charge >= 0.3 is 0 Å². The van der Waals surface area contributed by atoms with Crippen LogP contribution in [0.1, 0.15) is 29.5 Å². The van der Waals surface area contributed by atoms with Crippen LogP contribution in [0.4, 0.5) is 0 Å². The van der Waals surface area contributed by atoms with Gasteiger partial charge in [-0.1, -0.05) is 65.8 Å². The first-order chi connectivity index (χ1) is 16.7. The Balaban J connectivity index is 1.49. The molecule has 0 radical (unpaired) electrons. The smallest absolute Gasteiger partial charge is 0.246 e. The molecule has 1 amide bonds. The Morgan fingerprint density at radius 1 is 1.06 bits per heavy atom. The highest BCUT2D eigenvalue weighted by molar-refractivity contribution is 7.89. The molecule has 0 aliphatic heterocycles. The second-order valence-electron chi connectivity index (χ2n) is 8.27. The number of aromatic nitrogens is 3. The monoisotopic (exact) mass is 493 g/mol. The lowest BCUT2D eigenvalue weighted by Crippen LogP contribution is -2.44. The zero-order valence-electron chi connectivity index (χ0n) is 19.7. The summed E-state index contributed by atoms with van der Waals surface area (Å²) in [6, 6.07) is 18.7. The van der Waals surface area contributed by atoms with E-state index < -0.39 is 22.0 Å².